The Kier molecular flexibility index (Phi) is 4.91. The van der Waals surface area contributed by atoms with Crippen LogP contribution in [0.3, 0.4) is 0 Å². The van der Waals surface area contributed by atoms with E-state index < -0.39 is 0 Å². The normalized spacial score (nSPS) is 13.6. The largest absolute Gasteiger partial charge is 0.387 e. The van der Waals surface area contributed by atoms with Gasteiger partial charge in [0.05, 0.1) is 6.10 Å². The Morgan fingerprint density at radius 2 is 2.07 bits per heavy atom. The molecule has 1 nitrogen and oxygen atoms in total. The summed E-state index contributed by atoms with van der Waals surface area (Å²) in [6.45, 7) is 4.20. The summed E-state index contributed by atoms with van der Waals surface area (Å²) in [5.74, 6) is 0.330. The minimum atomic E-state index is -0.376. The third-order valence-corrected chi connectivity index (χ3v) is 5.00. The summed E-state index contributed by atoms with van der Waals surface area (Å²) in [5.41, 5.74) is 0. The molecule has 0 aliphatic rings. The van der Waals surface area contributed by atoms with Crippen molar-refractivity contribution in [3.63, 3.8) is 0 Å². The molecule has 0 aliphatic heterocycles. The molecular formula is C10H14BrClOS. The molecule has 0 aliphatic carbocycles. The number of rotatable bonds is 4. The molecule has 0 saturated carbocycles. The fraction of sp³-hybridized carbons (Fsp3) is 0.600. The summed E-state index contributed by atoms with van der Waals surface area (Å²) in [5, 5.41) is 10.0. The molecule has 0 radical (unpaired) electrons. The molecule has 0 aromatic carbocycles. The van der Waals surface area contributed by atoms with Gasteiger partial charge in [-0.3, -0.25) is 0 Å². The first kappa shape index (κ1) is 12.5. The first-order chi connectivity index (χ1) is 6.60. The van der Waals surface area contributed by atoms with Crippen LogP contribution in [0.4, 0.5) is 0 Å². The van der Waals surface area contributed by atoms with Gasteiger partial charge in [0, 0.05) is 9.35 Å². The van der Waals surface area contributed by atoms with Gasteiger partial charge in [0.25, 0.3) is 0 Å². The highest BCUT2D eigenvalue weighted by molar-refractivity contribution is 9.10. The predicted molar refractivity (Wildman–Crippen MR) is 66.1 cm³/mol. The quantitative estimate of drug-likeness (QED) is 0.859. The van der Waals surface area contributed by atoms with E-state index in [1.165, 1.54) is 11.3 Å². The fourth-order valence-electron chi connectivity index (χ4n) is 1.48. The van der Waals surface area contributed by atoms with Crippen LogP contribution in [0.15, 0.2) is 10.5 Å². The number of thiophene rings is 1. The second-order valence-electron chi connectivity index (χ2n) is 3.29. The van der Waals surface area contributed by atoms with Crippen LogP contribution < -0.4 is 0 Å². The van der Waals surface area contributed by atoms with Crippen LogP contribution in [-0.4, -0.2) is 5.11 Å². The van der Waals surface area contributed by atoms with Crippen molar-refractivity contribution in [3.05, 3.63) is 19.8 Å². The fourth-order valence-corrected chi connectivity index (χ4v) is 3.29. The van der Waals surface area contributed by atoms with Crippen molar-refractivity contribution in [2.24, 2.45) is 5.92 Å². The number of aliphatic hydroxyl groups excluding tert-OH is 1. The van der Waals surface area contributed by atoms with E-state index in [2.05, 4.69) is 29.8 Å². The lowest BCUT2D eigenvalue weighted by Gasteiger charge is -2.18. The Morgan fingerprint density at radius 1 is 1.50 bits per heavy atom. The van der Waals surface area contributed by atoms with Crippen molar-refractivity contribution < 1.29 is 5.11 Å². The average Bonchev–Trinajstić information content (AvgIpc) is 2.49. The van der Waals surface area contributed by atoms with E-state index in [-0.39, 0.29) is 6.10 Å². The number of aliphatic hydroxyl groups is 1. The Bertz CT molecular complexity index is 277. The molecule has 1 aromatic heterocycles. The highest BCUT2D eigenvalue weighted by Crippen LogP contribution is 2.38. The van der Waals surface area contributed by atoms with E-state index in [0.717, 1.165) is 22.2 Å². The van der Waals surface area contributed by atoms with Crippen LogP contribution in [0.1, 0.15) is 37.7 Å². The van der Waals surface area contributed by atoms with Crippen LogP contribution in [0, 0.1) is 5.92 Å². The van der Waals surface area contributed by atoms with Crippen LogP contribution in [-0.2, 0) is 0 Å². The minimum absolute atomic E-state index is 0.330. The van der Waals surface area contributed by atoms with Gasteiger partial charge in [0.1, 0.15) is 4.34 Å². The summed E-state index contributed by atoms with van der Waals surface area (Å²) in [6.07, 6.45) is 1.61. The standard InChI is InChI=1S/C10H14BrClOS/c1-3-6(4-2)9(13)8-5-7(11)10(12)14-8/h5-6,9,13H,3-4H2,1-2H3. The van der Waals surface area contributed by atoms with E-state index in [0.29, 0.717) is 10.3 Å². The number of hydrogen-bond donors (Lipinski definition) is 1. The van der Waals surface area contributed by atoms with Gasteiger partial charge in [0.2, 0.25) is 0 Å². The summed E-state index contributed by atoms with van der Waals surface area (Å²) in [7, 11) is 0. The number of halogens is 2. The van der Waals surface area contributed by atoms with Crippen LogP contribution >= 0.6 is 38.9 Å². The SMILES string of the molecule is CCC(CC)C(O)c1cc(Br)c(Cl)s1. The third-order valence-electron chi connectivity index (χ3n) is 2.45. The smallest absolute Gasteiger partial charge is 0.107 e. The van der Waals surface area contributed by atoms with E-state index in [9.17, 15) is 5.11 Å². The monoisotopic (exact) mass is 296 g/mol. The molecule has 14 heavy (non-hydrogen) atoms. The molecule has 1 rings (SSSR count). The lowest BCUT2D eigenvalue weighted by atomic mass is 9.96. The van der Waals surface area contributed by atoms with E-state index in [1.807, 2.05) is 6.07 Å². The van der Waals surface area contributed by atoms with Gasteiger partial charge < -0.3 is 5.11 Å². The van der Waals surface area contributed by atoms with Gasteiger partial charge in [-0.2, -0.15) is 0 Å². The summed E-state index contributed by atoms with van der Waals surface area (Å²) in [4.78, 5) is 0.954. The number of hydrogen-bond acceptors (Lipinski definition) is 2. The van der Waals surface area contributed by atoms with Crippen LogP contribution in [0.5, 0.6) is 0 Å². The zero-order chi connectivity index (χ0) is 10.7. The Labute approximate surface area is 102 Å². The Balaban J connectivity index is 2.82. The zero-order valence-electron chi connectivity index (χ0n) is 8.26. The van der Waals surface area contributed by atoms with Gasteiger partial charge in [0.15, 0.2) is 0 Å². The van der Waals surface area contributed by atoms with Crippen molar-refractivity contribution in [2.75, 3.05) is 0 Å². The second-order valence-corrected chi connectivity index (χ2v) is 5.83. The Morgan fingerprint density at radius 3 is 2.43 bits per heavy atom. The van der Waals surface area contributed by atoms with Crippen molar-refractivity contribution in [3.8, 4) is 0 Å². The first-order valence-corrected chi connectivity index (χ1v) is 6.71. The molecule has 0 amide bonds. The average molecular weight is 298 g/mol. The van der Waals surface area contributed by atoms with Gasteiger partial charge in [-0.05, 0) is 27.9 Å². The lowest BCUT2D eigenvalue weighted by molar-refractivity contribution is 0.107. The predicted octanol–water partition coefficient (Wildman–Crippen LogP) is 4.63. The van der Waals surface area contributed by atoms with Gasteiger partial charge in [-0.1, -0.05) is 38.3 Å². The highest BCUT2D eigenvalue weighted by Gasteiger charge is 2.20. The molecule has 1 unspecified atom stereocenters. The minimum Gasteiger partial charge on any atom is -0.387 e. The first-order valence-electron chi connectivity index (χ1n) is 4.72. The molecule has 1 heterocycles. The maximum Gasteiger partial charge on any atom is 0.107 e. The molecular weight excluding hydrogens is 284 g/mol. The van der Waals surface area contributed by atoms with Gasteiger partial charge in [-0.15, -0.1) is 11.3 Å². The van der Waals surface area contributed by atoms with Crippen molar-refractivity contribution in [1.29, 1.82) is 0 Å². The molecule has 1 N–H and O–H groups in total. The molecule has 0 bridgehead atoms. The maximum atomic E-state index is 10.0. The molecule has 1 atom stereocenters. The summed E-state index contributed by atoms with van der Waals surface area (Å²) < 4.78 is 1.59. The van der Waals surface area contributed by atoms with Crippen molar-refractivity contribution in [1.82, 2.24) is 0 Å². The van der Waals surface area contributed by atoms with Crippen molar-refractivity contribution >= 4 is 38.9 Å². The molecule has 4 heteroatoms. The third kappa shape index (κ3) is 2.72. The zero-order valence-corrected chi connectivity index (χ0v) is 11.4. The van der Waals surface area contributed by atoms with Crippen LogP contribution in [0.2, 0.25) is 4.34 Å². The Hall–Kier alpha value is 0.430. The molecule has 0 saturated heterocycles. The van der Waals surface area contributed by atoms with E-state index in [1.54, 1.807) is 0 Å². The molecule has 1 aromatic rings. The summed E-state index contributed by atoms with van der Waals surface area (Å²) in [6, 6.07) is 1.91. The van der Waals surface area contributed by atoms with E-state index >= 15 is 0 Å². The lowest BCUT2D eigenvalue weighted by Crippen LogP contribution is -2.09. The van der Waals surface area contributed by atoms with Crippen molar-refractivity contribution in [2.45, 2.75) is 32.8 Å². The molecule has 80 valence electrons. The molecule has 0 spiro atoms. The second kappa shape index (κ2) is 5.50. The topological polar surface area (TPSA) is 20.2 Å². The highest BCUT2D eigenvalue weighted by atomic mass is 79.9. The van der Waals surface area contributed by atoms with Gasteiger partial charge >= 0.3 is 0 Å². The van der Waals surface area contributed by atoms with E-state index in [4.69, 9.17) is 11.6 Å². The molecule has 0 fully saturated rings. The summed E-state index contributed by atoms with van der Waals surface area (Å²) >= 11 is 10.7. The van der Waals surface area contributed by atoms with Crippen LogP contribution in [0.25, 0.3) is 0 Å². The van der Waals surface area contributed by atoms with Gasteiger partial charge in [-0.25, -0.2) is 0 Å². The maximum absolute atomic E-state index is 10.0.